The van der Waals surface area contributed by atoms with Crippen LogP contribution >= 0.6 is 22.6 Å². The minimum Gasteiger partial charge on any atom is -0.478 e. The molecule has 0 aliphatic heterocycles. The van der Waals surface area contributed by atoms with Crippen LogP contribution in [0.4, 0.5) is 0 Å². The maximum absolute atomic E-state index is 11.0. The second kappa shape index (κ2) is 3.51. The highest BCUT2D eigenvalue weighted by Gasteiger charge is 2.26. The topological polar surface area (TPSA) is 63.3 Å². The lowest BCUT2D eigenvalue weighted by Crippen LogP contribution is -2.11. The minimum atomic E-state index is -0.880. The predicted octanol–water partition coefficient (Wildman–Crippen LogP) is 1.94. The van der Waals surface area contributed by atoms with Crippen molar-refractivity contribution in [2.45, 2.75) is 18.9 Å². The van der Waals surface area contributed by atoms with Gasteiger partial charge in [-0.1, -0.05) is 0 Å². The number of carboxylic acids is 1. The molecule has 1 aromatic carbocycles. The summed E-state index contributed by atoms with van der Waals surface area (Å²) in [6, 6.07) is 3.39. The first-order valence-corrected chi connectivity index (χ1v) is 5.49. The van der Waals surface area contributed by atoms with Crippen LogP contribution in [0.2, 0.25) is 0 Å². The smallest absolute Gasteiger partial charge is 0.336 e. The molecule has 3 N–H and O–H groups in total. The van der Waals surface area contributed by atoms with Crippen molar-refractivity contribution in [2.75, 3.05) is 0 Å². The lowest BCUT2D eigenvalue weighted by Gasteiger charge is -2.09. The quantitative estimate of drug-likeness (QED) is 0.779. The van der Waals surface area contributed by atoms with E-state index in [2.05, 4.69) is 22.6 Å². The monoisotopic (exact) mass is 303 g/mol. The van der Waals surface area contributed by atoms with Gasteiger partial charge < -0.3 is 10.8 Å². The number of aromatic carboxylic acids is 1. The lowest BCUT2D eigenvalue weighted by molar-refractivity contribution is 0.0695. The summed E-state index contributed by atoms with van der Waals surface area (Å²) in [6.45, 7) is 0. The zero-order valence-electron chi connectivity index (χ0n) is 7.46. The molecule has 3 nitrogen and oxygen atoms in total. The first-order chi connectivity index (χ1) is 6.61. The van der Waals surface area contributed by atoms with E-state index in [0.29, 0.717) is 5.56 Å². The van der Waals surface area contributed by atoms with Gasteiger partial charge in [0.15, 0.2) is 0 Å². The Bertz CT molecular complexity index is 403. The maximum Gasteiger partial charge on any atom is 0.336 e. The summed E-state index contributed by atoms with van der Waals surface area (Å²) in [7, 11) is 0. The molecule has 0 saturated carbocycles. The summed E-state index contributed by atoms with van der Waals surface area (Å²) >= 11 is 2.23. The number of rotatable bonds is 1. The summed E-state index contributed by atoms with van der Waals surface area (Å²) in [6.07, 6.45) is 1.76. The average molecular weight is 303 g/mol. The van der Waals surface area contributed by atoms with Gasteiger partial charge in [0.25, 0.3) is 0 Å². The Balaban J connectivity index is 2.66. The Morgan fingerprint density at radius 2 is 2.29 bits per heavy atom. The van der Waals surface area contributed by atoms with Gasteiger partial charge in [-0.15, -0.1) is 0 Å². The van der Waals surface area contributed by atoms with Gasteiger partial charge in [-0.05, 0) is 58.7 Å². The second-order valence-electron chi connectivity index (χ2n) is 3.44. The predicted molar refractivity (Wildman–Crippen MR) is 61.4 cm³/mol. The normalized spacial score (nSPS) is 19.4. The molecular weight excluding hydrogens is 293 g/mol. The molecule has 2 rings (SSSR count). The van der Waals surface area contributed by atoms with Gasteiger partial charge in [0.1, 0.15) is 0 Å². The molecule has 0 saturated heterocycles. The van der Waals surface area contributed by atoms with E-state index in [4.69, 9.17) is 10.8 Å². The maximum atomic E-state index is 11.0. The molecule has 0 bridgehead atoms. The van der Waals surface area contributed by atoms with Crippen LogP contribution in [0.1, 0.15) is 33.9 Å². The van der Waals surface area contributed by atoms with Crippen LogP contribution in [-0.2, 0) is 6.42 Å². The second-order valence-corrected chi connectivity index (χ2v) is 4.60. The number of nitrogens with two attached hydrogens (primary N) is 1. The fraction of sp³-hybridized carbons (Fsp3) is 0.300. The van der Waals surface area contributed by atoms with E-state index in [1.165, 1.54) is 0 Å². The van der Waals surface area contributed by atoms with Crippen molar-refractivity contribution in [1.29, 1.82) is 0 Å². The van der Waals surface area contributed by atoms with Crippen molar-refractivity contribution in [1.82, 2.24) is 0 Å². The molecule has 0 fully saturated rings. The van der Waals surface area contributed by atoms with Gasteiger partial charge in [0.2, 0.25) is 0 Å². The molecule has 0 aromatic heterocycles. The van der Waals surface area contributed by atoms with Crippen LogP contribution in [0, 0.1) is 3.57 Å². The largest absolute Gasteiger partial charge is 0.478 e. The molecule has 0 spiro atoms. The van der Waals surface area contributed by atoms with Crippen molar-refractivity contribution < 1.29 is 9.90 Å². The third kappa shape index (κ3) is 1.42. The minimum absolute atomic E-state index is 0.106. The molecule has 14 heavy (non-hydrogen) atoms. The number of carboxylic acid groups (broad SMARTS) is 1. The third-order valence-corrected chi connectivity index (χ3v) is 3.62. The van der Waals surface area contributed by atoms with Crippen LogP contribution in [0.3, 0.4) is 0 Å². The van der Waals surface area contributed by atoms with Gasteiger partial charge in [-0.2, -0.15) is 0 Å². The zero-order chi connectivity index (χ0) is 10.3. The number of halogens is 1. The summed E-state index contributed by atoms with van der Waals surface area (Å²) in [5.74, 6) is -0.880. The van der Waals surface area contributed by atoms with Crippen molar-refractivity contribution in [3.63, 3.8) is 0 Å². The average Bonchev–Trinajstić information content (AvgIpc) is 2.50. The van der Waals surface area contributed by atoms with E-state index in [0.717, 1.165) is 27.5 Å². The van der Waals surface area contributed by atoms with E-state index in [1.807, 2.05) is 6.07 Å². The molecule has 1 unspecified atom stereocenters. The number of hydrogen-bond acceptors (Lipinski definition) is 2. The molecular formula is C10H10INO2. The summed E-state index contributed by atoms with van der Waals surface area (Å²) in [5, 5.41) is 9.00. The van der Waals surface area contributed by atoms with E-state index in [1.54, 1.807) is 6.07 Å². The van der Waals surface area contributed by atoms with Gasteiger partial charge in [-0.3, -0.25) is 0 Å². The molecule has 1 aliphatic rings. The Kier molecular flexibility index (Phi) is 2.48. The van der Waals surface area contributed by atoms with E-state index in [9.17, 15) is 4.79 Å². The first kappa shape index (κ1) is 9.92. The Morgan fingerprint density at radius 3 is 2.93 bits per heavy atom. The van der Waals surface area contributed by atoms with Crippen LogP contribution in [-0.4, -0.2) is 11.1 Å². The summed E-state index contributed by atoms with van der Waals surface area (Å²) < 4.78 is 1.12. The highest BCUT2D eigenvalue weighted by molar-refractivity contribution is 14.1. The third-order valence-electron chi connectivity index (χ3n) is 2.61. The van der Waals surface area contributed by atoms with Crippen molar-refractivity contribution in [2.24, 2.45) is 5.73 Å². The molecule has 4 heteroatoms. The number of hydrogen-bond donors (Lipinski definition) is 2. The van der Waals surface area contributed by atoms with E-state index < -0.39 is 5.97 Å². The fourth-order valence-electron chi connectivity index (χ4n) is 1.95. The van der Waals surface area contributed by atoms with Crippen LogP contribution in [0.25, 0.3) is 0 Å². The lowest BCUT2D eigenvalue weighted by atomic mass is 10.0. The van der Waals surface area contributed by atoms with Gasteiger partial charge >= 0.3 is 5.97 Å². The molecule has 0 heterocycles. The molecule has 0 amide bonds. The first-order valence-electron chi connectivity index (χ1n) is 4.41. The summed E-state index contributed by atoms with van der Waals surface area (Å²) in [4.78, 5) is 11.0. The SMILES string of the molecule is NC1CCc2c(I)ccc(C(=O)O)c21. The van der Waals surface area contributed by atoms with Gasteiger partial charge in [0.05, 0.1) is 5.56 Å². The van der Waals surface area contributed by atoms with Crippen molar-refractivity contribution in [3.05, 3.63) is 32.4 Å². The molecule has 74 valence electrons. The highest BCUT2D eigenvalue weighted by atomic mass is 127. The van der Waals surface area contributed by atoms with Crippen molar-refractivity contribution >= 4 is 28.6 Å². The Labute approximate surface area is 95.4 Å². The number of fused-ring (bicyclic) bond motifs is 1. The van der Waals surface area contributed by atoms with Crippen LogP contribution < -0.4 is 5.73 Å². The summed E-state index contributed by atoms with van der Waals surface area (Å²) in [5.41, 5.74) is 8.21. The van der Waals surface area contributed by atoms with E-state index in [-0.39, 0.29) is 6.04 Å². The molecule has 1 atom stereocenters. The fourth-order valence-corrected chi connectivity index (χ4v) is 2.69. The number of benzene rings is 1. The molecule has 0 radical (unpaired) electrons. The molecule has 1 aliphatic carbocycles. The standard InChI is InChI=1S/C10H10INO2/c11-7-3-1-6(10(13)14)9-5(7)2-4-8(9)12/h1,3,8H,2,4,12H2,(H,13,14). The van der Waals surface area contributed by atoms with Gasteiger partial charge in [0, 0.05) is 9.61 Å². The van der Waals surface area contributed by atoms with E-state index >= 15 is 0 Å². The zero-order valence-corrected chi connectivity index (χ0v) is 9.61. The van der Waals surface area contributed by atoms with Crippen LogP contribution in [0.5, 0.6) is 0 Å². The number of carbonyl (C=O) groups is 1. The van der Waals surface area contributed by atoms with Crippen molar-refractivity contribution in [3.8, 4) is 0 Å². The Morgan fingerprint density at radius 1 is 1.57 bits per heavy atom. The molecule has 1 aromatic rings. The van der Waals surface area contributed by atoms with Crippen LogP contribution in [0.15, 0.2) is 12.1 Å². The highest BCUT2D eigenvalue weighted by Crippen LogP contribution is 2.35. The van der Waals surface area contributed by atoms with Gasteiger partial charge in [-0.25, -0.2) is 4.79 Å². The Hall–Kier alpha value is -0.620.